The number of rotatable bonds is 10. The van der Waals surface area contributed by atoms with Crippen LogP contribution in [0.15, 0.2) is 25.3 Å². The average Bonchev–Trinajstić information content (AvgIpc) is 3.37. The van der Waals surface area contributed by atoms with Crippen LogP contribution in [0.5, 0.6) is 0 Å². The molecule has 7 atom stereocenters. The maximum Gasteiger partial charge on any atom is 0.249 e. The SMILES string of the molecule is C=CCN(C)C(=O)[C@@H]1[C@H]2C(=O)N([C@@H](CO)[C@@H](C)CC)C(C(=O)N(CC=C)C(C)(C)C)C23CC[C@@]1(C)O3. The average molecular weight is 504 g/mol. The molecule has 0 radical (unpaired) electrons. The van der Waals surface area contributed by atoms with Gasteiger partial charge in [0.15, 0.2) is 0 Å². The van der Waals surface area contributed by atoms with Gasteiger partial charge in [0.1, 0.15) is 11.6 Å². The van der Waals surface area contributed by atoms with Gasteiger partial charge in [-0.25, -0.2) is 0 Å². The van der Waals surface area contributed by atoms with Gasteiger partial charge in [-0.2, -0.15) is 0 Å². The van der Waals surface area contributed by atoms with E-state index in [9.17, 15) is 19.5 Å². The van der Waals surface area contributed by atoms with Crippen LogP contribution in [-0.4, -0.2) is 93.1 Å². The molecule has 3 fully saturated rings. The molecule has 1 spiro atoms. The third-order valence-electron chi connectivity index (χ3n) is 8.73. The summed E-state index contributed by atoms with van der Waals surface area (Å²) in [4.78, 5) is 47.3. The lowest BCUT2D eigenvalue weighted by Gasteiger charge is -2.44. The summed E-state index contributed by atoms with van der Waals surface area (Å²) in [6, 6.07) is -1.48. The number of likely N-dealkylation sites (N-methyl/N-ethyl adjacent to an activating group) is 1. The van der Waals surface area contributed by atoms with Gasteiger partial charge in [-0.1, -0.05) is 32.4 Å². The van der Waals surface area contributed by atoms with Crippen molar-refractivity contribution in [3.05, 3.63) is 25.3 Å². The van der Waals surface area contributed by atoms with E-state index in [0.29, 0.717) is 25.9 Å². The van der Waals surface area contributed by atoms with Gasteiger partial charge in [-0.05, 0) is 46.5 Å². The molecule has 202 valence electrons. The Bertz CT molecular complexity index is 913. The lowest BCUT2D eigenvalue weighted by atomic mass is 9.66. The summed E-state index contributed by atoms with van der Waals surface area (Å²) in [5.74, 6) is -2.20. The molecule has 0 aliphatic carbocycles. The van der Waals surface area contributed by atoms with Gasteiger partial charge >= 0.3 is 0 Å². The highest BCUT2D eigenvalue weighted by atomic mass is 16.5. The lowest BCUT2D eigenvalue weighted by molar-refractivity contribution is -0.160. The van der Waals surface area contributed by atoms with Gasteiger partial charge in [-0.3, -0.25) is 14.4 Å². The Morgan fingerprint density at radius 3 is 2.33 bits per heavy atom. The smallest absolute Gasteiger partial charge is 0.249 e. The van der Waals surface area contributed by atoms with E-state index in [4.69, 9.17) is 4.74 Å². The lowest BCUT2D eigenvalue weighted by Crippen LogP contribution is -2.62. The molecule has 1 N–H and O–H groups in total. The number of aliphatic hydroxyl groups is 1. The minimum Gasteiger partial charge on any atom is -0.394 e. The van der Waals surface area contributed by atoms with Crippen LogP contribution in [0.2, 0.25) is 0 Å². The highest BCUT2D eigenvalue weighted by Crippen LogP contribution is 2.64. The highest BCUT2D eigenvalue weighted by molar-refractivity contribution is 5.99. The van der Waals surface area contributed by atoms with E-state index in [1.165, 1.54) is 0 Å². The number of aliphatic hydroxyl groups excluding tert-OH is 1. The molecule has 3 rings (SSSR count). The molecule has 0 saturated carbocycles. The summed E-state index contributed by atoms with van der Waals surface area (Å²) in [5.41, 5.74) is -2.49. The summed E-state index contributed by atoms with van der Waals surface area (Å²) in [6.45, 7) is 19.7. The van der Waals surface area contributed by atoms with Crippen LogP contribution in [-0.2, 0) is 19.1 Å². The Morgan fingerprint density at radius 2 is 1.83 bits per heavy atom. The van der Waals surface area contributed by atoms with Gasteiger partial charge < -0.3 is 24.5 Å². The first kappa shape index (κ1) is 28.4. The van der Waals surface area contributed by atoms with Crippen molar-refractivity contribution in [1.82, 2.24) is 14.7 Å². The highest BCUT2D eigenvalue weighted by Gasteiger charge is 2.79. The fourth-order valence-electron chi connectivity index (χ4n) is 6.68. The summed E-state index contributed by atoms with van der Waals surface area (Å²) >= 11 is 0. The number of nitrogens with zero attached hydrogens (tertiary/aromatic N) is 3. The zero-order valence-corrected chi connectivity index (χ0v) is 23.1. The van der Waals surface area contributed by atoms with Crippen LogP contribution in [0.4, 0.5) is 0 Å². The molecular formula is C28H45N3O5. The van der Waals surface area contributed by atoms with Crippen molar-refractivity contribution in [2.24, 2.45) is 17.8 Å². The Hall–Kier alpha value is -2.19. The number of amides is 3. The Labute approximate surface area is 216 Å². The van der Waals surface area contributed by atoms with E-state index in [-0.39, 0.29) is 30.2 Å². The molecule has 3 aliphatic rings. The van der Waals surface area contributed by atoms with Crippen molar-refractivity contribution in [3.8, 4) is 0 Å². The molecule has 36 heavy (non-hydrogen) atoms. The molecule has 0 aromatic rings. The molecule has 3 aliphatic heterocycles. The molecule has 3 heterocycles. The summed E-state index contributed by atoms with van der Waals surface area (Å²) in [5, 5.41) is 10.5. The fourth-order valence-corrected chi connectivity index (χ4v) is 6.68. The Kier molecular flexibility index (Phi) is 7.83. The quantitative estimate of drug-likeness (QED) is 0.463. The first-order valence-corrected chi connectivity index (χ1v) is 13.2. The zero-order valence-electron chi connectivity index (χ0n) is 23.1. The van der Waals surface area contributed by atoms with Crippen LogP contribution in [0, 0.1) is 17.8 Å². The second-order valence-corrected chi connectivity index (χ2v) is 12.0. The molecule has 0 aromatic carbocycles. The van der Waals surface area contributed by atoms with Crippen molar-refractivity contribution in [2.75, 3.05) is 26.7 Å². The van der Waals surface area contributed by atoms with Crippen molar-refractivity contribution >= 4 is 17.7 Å². The molecular weight excluding hydrogens is 458 g/mol. The maximum atomic E-state index is 14.4. The van der Waals surface area contributed by atoms with Gasteiger partial charge in [0, 0.05) is 25.7 Å². The Balaban J connectivity index is 2.20. The zero-order chi connectivity index (χ0) is 27.2. The summed E-state index contributed by atoms with van der Waals surface area (Å²) < 4.78 is 6.73. The predicted octanol–water partition coefficient (Wildman–Crippen LogP) is 2.62. The van der Waals surface area contributed by atoms with E-state index in [1.54, 1.807) is 33.9 Å². The molecule has 2 bridgehead atoms. The Morgan fingerprint density at radius 1 is 1.22 bits per heavy atom. The monoisotopic (exact) mass is 503 g/mol. The number of hydrogen-bond acceptors (Lipinski definition) is 5. The fraction of sp³-hybridized carbons (Fsp3) is 0.750. The molecule has 8 nitrogen and oxygen atoms in total. The van der Waals surface area contributed by atoms with E-state index < -0.39 is 40.7 Å². The van der Waals surface area contributed by atoms with E-state index >= 15 is 0 Å². The van der Waals surface area contributed by atoms with Crippen molar-refractivity contribution in [1.29, 1.82) is 0 Å². The van der Waals surface area contributed by atoms with Crippen molar-refractivity contribution in [2.45, 2.75) is 89.6 Å². The number of carbonyl (C=O) groups excluding carboxylic acids is 3. The van der Waals surface area contributed by atoms with E-state index in [0.717, 1.165) is 6.42 Å². The summed E-state index contributed by atoms with van der Waals surface area (Å²) in [7, 11) is 1.70. The molecule has 8 heteroatoms. The number of likely N-dealkylation sites (tertiary alicyclic amines) is 1. The molecule has 0 aromatic heterocycles. The van der Waals surface area contributed by atoms with Crippen LogP contribution >= 0.6 is 0 Å². The number of hydrogen-bond donors (Lipinski definition) is 1. The first-order chi connectivity index (χ1) is 16.8. The predicted molar refractivity (Wildman–Crippen MR) is 139 cm³/mol. The van der Waals surface area contributed by atoms with E-state index in [2.05, 4.69) is 13.2 Å². The van der Waals surface area contributed by atoms with E-state index in [1.807, 2.05) is 41.5 Å². The maximum absolute atomic E-state index is 14.4. The van der Waals surface area contributed by atoms with Gasteiger partial charge in [0.05, 0.1) is 30.1 Å². The third-order valence-corrected chi connectivity index (χ3v) is 8.73. The number of fused-ring (bicyclic) bond motifs is 1. The topological polar surface area (TPSA) is 90.4 Å². The van der Waals surface area contributed by atoms with Crippen LogP contribution in [0.25, 0.3) is 0 Å². The molecule has 3 saturated heterocycles. The van der Waals surface area contributed by atoms with Gasteiger partial charge in [0.2, 0.25) is 17.7 Å². The molecule has 3 amide bonds. The number of ether oxygens (including phenoxy) is 1. The minimum atomic E-state index is -1.12. The van der Waals surface area contributed by atoms with Gasteiger partial charge in [0.25, 0.3) is 0 Å². The van der Waals surface area contributed by atoms with Crippen molar-refractivity contribution < 1.29 is 24.2 Å². The van der Waals surface area contributed by atoms with Crippen LogP contribution in [0.1, 0.15) is 60.8 Å². The first-order valence-electron chi connectivity index (χ1n) is 13.2. The van der Waals surface area contributed by atoms with Crippen LogP contribution < -0.4 is 0 Å². The standard InChI is InChI=1S/C28H45N3O5/c1-10-15-29(9)23(33)20-21-24(34)31(19(17-32)18(4)12-3)22(28(21)14-13-27(20,8)36-28)25(35)30(16-11-2)26(5,6)7/h10-11,18-22,32H,1-2,12-17H2,3-9H3/t18-,19-,20-,21-,22?,27+,28?/m0/s1. The second-order valence-electron chi connectivity index (χ2n) is 12.0. The third kappa shape index (κ3) is 4.20. The van der Waals surface area contributed by atoms with Crippen molar-refractivity contribution in [3.63, 3.8) is 0 Å². The minimum absolute atomic E-state index is 0.0441. The number of carbonyl (C=O) groups is 3. The summed E-state index contributed by atoms with van der Waals surface area (Å²) in [6.07, 6.45) is 5.15. The van der Waals surface area contributed by atoms with Gasteiger partial charge in [-0.15, -0.1) is 13.2 Å². The largest absolute Gasteiger partial charge is 0.394 e. The van der Waals surface area contributed by atoms with Crippen LogP contribution in [0.3, 0.4) is 0 Å². The molecule has 2 unspecified atom stereocenters. The second kappa shape index (κ2) is 9.93. The normalized spacial score (nSPS) is 32.7.